The van der Waals surface area contributed by atoms with Crippen LogP contribution >= 0.6 is 0 Å². The van der Waals surface area contributed by atoms with Crippen molar-refractivity contribution in [2.45, 2.75) is 37.6 Å². The number of morpholine rings is 1. The Labute approximate surface area is 130 Å². The lowest BCUT2D eigenvalue weighted by Crippen LogP contribution is -2.60. The summed E-state index contributed by atoms with van der Waals surface area (Å²) >= 11 is 0. The molecule has 1 saturated carbocycles. The largest absolute Gasteiger partial charge is 0.379 e. The highest BCUT2D eigenvalue weighted by Gasteiger charge is 2.38. The lowest BCUT2D eigenvalue weighted by molar-refractivity contribution is -0.0356. The van der Waals surface area contributed by atoms with E-state index in [0.717, 1.165) is 39.1 Å². The average molecular weight is 307 g/mol. The summed E-state index contributed by atoms with van der Waals surface area (Å²) in [6.07, 6.45) is 9.34. The molecule has 22 heavy (non-hydrogen) atoms. The van der Waals surface area contributed by atoms with Gasteiger partial charge in [-0.05, 0) is 12.8 Å². The van der Waals surface area contributed by atoms with Crippen LogP contribution in [0.2, 0.25) is 0 Å². The summed E-state index contributed by atoms with van der Waals surface area (Å²) in [5.41, 5.74) is 0.775. The number of urea groups is 1. The van der Waals surface area contributed by atoms with Crippen LogP contribution in [-0.2, 0) is 4.74 Å². The Hall–Kier alpha value is -1.60. The number of rotatable bonds is 4. The van der Waals surface area contributed by atoms with Crippen LogP contribution in [0.5, 0.6) is 0 Å². The number of H-pyrrole nitrogens is 1. The zero-order valence-corrected chi connectivity index (χ0v) is 12.9. The SMILES string of the molecule is O=C(NCC1(N2CCOCC2)CCCCC1)Nc1cn[nH]c1. The van der Waals surface area contributed by atoms with Crippen LogP contribution < -0.4 is 10.6 Å². The lowest BCUT2D eigenvalue weighted by atomic mass is 9.80. The van der Waals surface area contributed by atoms with E-state index in [1.807, 2.05) is 0 Å². The van der Waals surface area contributed by atoms with Crippen LogP contribution in [0.4, 0.5) is 10.5 Å². The molecule has 0 spiro atoms. The lowest BCUT2D eigenvalue weighted by Gasteiger charge is -2.48. The Bertz CT molecular complexity index is 464. The van der Waals surface area contributed by atoms with Gasteiger partial charge in [0, 0.05) is 31.4 Å². The fraction of sp³-hybridized carbons (Fsp3) is 0.733. The Kier molecular flexibility index (Phi) is 4.94. The summed E-state index contributed by atoms with van der Waals surface area (Å²) < 4.78 is 5.48. The first kappa shape index (κ1) is 15.3. The molecule has 1 aromatic rings. The van der Waals surface area contributed by atoms with Crippen molar-refractivity contribution in [1.82, 2.24) is 20.4 Å². The number of anilines is 1. The Morgan fingerprint density at radius 1 is 1.32 bits per heavy atom. The van der Waals surface area contributed by atoms with Crippen molar-refractivity contribution < 1.29 is 9.53 Å². The molecule has 0 atom stereocenters. The van der Waals surface area contributed by atoms with Gasteiger partial charge in [-0.3, -0.25) is 10.00 Å². The average Bonchev–Trinajstić information content (AvgIpc) is 3.08. The number of amides is 2. The monoisotopic (exact) mass is 307 g/mol. The minimum absolute atomic E-state index is 0.0930. The van der Waals surface area contributed by atoms with Gasteiger partial charge < -0.3 is 15.4 Å². The summed E-state index contributed by atoms with van der Waals surface area (Å²) in [4.78, 5) is 14.6. The Balaban J connectivity index is 1.58. The molecular weight excluding hydrogens is 282 g/mol. The van der Waals surface area contributed by atoms with Gasteiger partial charge in [-0.1, -0.05) is 19.3 Å². The Morgan fingerprint density at radius 3 is 2.77 bits per heavy atom. The molecule has 1 aliphatic heterocycles. The maximum Gasteiger partial charge on any atom is 0.319 e. The molecule has 3 N–H and O–H groups in total. The van der Waals surface area contributed by atoms with Gasteiger partial charge in [0.15, 0.2) is 0 Å². The summed E-state index contributed by atoms with van der Waals surface area (Å²) in [5, 5.41) is 12.4. The van der Waals surface area contributed by atoms with Crippen molar-refractivity contribution in [1.29, 1.82) is 0 Å². The maximum absolute atomic E-state index is 12.1. The molecule has 7 nitrogen and oxygen atoms in total. The predicted octanol–water partition coefficient (Wildman–Crippen LogP) is 1.57. The van der Waals surface area contributed by atoms with Crippen molar-refractivity contribution in [2.75, 3.05) is 38.2 Å². The number of carbonyl (C=O) groups excluding carboxylic acids is 1. The number of carbonyl (C=O) groups is 1. The van der Waals surface area contributed by atoms with E-state index >= 15 is 0 Å². The molecule has 3 rings (SSSR count). The van der Waals surface area contributed by atoms with Gasteiger partial charge in [-0.25, -0.2) is 4.79 Å². The van der Waals surface area contributed by atoms with E-state index in [0.29, 0.717) is 12.2 Å². The molecule has 0 radical (unpaired) electrons. The van der Waals surface area contributed by atoms with Crippen LogP contribution in [0, 0.1) is 0 Å². The summed E-state index contributed by atoms with van der Waals surface area (Å²) in [6, 6.07) is -0.167. The van der Waals surface area contributed by atoms with E-state index in [1.54, 1.807) is 12.4 Å². The fourth-order valence-electron chi connectivity index (χ4n) is 3.59. The van der Waals surface area contributed by atoms with Gasteiger partial charge in [0.2, 0.25) is 0 Å². The molecule has 2 aliphatic rings. The number of hydrogen-bond acceptors (Lipinski definition) is 4. The number of ether oxygens (including phenoxy) is 1. The van der Waals surface area contributed by atoms with Crippen molar-refractivity contribution in [3.8, 4) is 0 Å². The predicted molar refractivity (Wildman–Crippen MR) is 83.8 cm³/mol. The number of hydrogen-bond donors (Lipinski definition) is 3. The van der Waals surface area contributed by atoms with Crippen molar-refractivity contribution in [3.63, 3.8) is 0 Å². The topological polar surface area (TPSA) is 82.3 Å². The van der Waals surface area contributed by atoms with Gasteiger partial charge in [-0.2, -0.15) is 5.10 Å². The van der Waals surface area contributed by atoms with Crippen molar-refractivity contribution in [2.24, 2.45) is 0 Å². The van der Waals surface area contributed by atoms with E-state index in [4.69, 9.17) is 4.74 Å². The van der Waals surface area contributed by atoms with Crippen LogP contribution in [-0.4, -0.2) is 59.5 Å². The highest BCUT2D eigenvalue weighted by Crippen LogP contribution is 2.33. The van der Waals surface area contributed by atoms with Crippen molar-refractivity contribution in [3.05, 3.63) is 12.4 Å². The first-order chi connectivity index (χ1) is 10.8. The molecule has 1 saturated heterocycles. The second kappa shape index (κ2) is 7.11. The third kappa shape index (κ3) is 3.59. The second-order valence-electron chi connectivity index (χ2n) is 6.18. The van der Waals surface area contributed by atoms with E-state index < -0.39 is 0 Å². The minimum Gasteiger partial charge on any atom is -0.379 e. The molecular formula is C15H25N5O2. The summed E-state index contributed by atoms with van der Waals surface area (Å²) in [5.74, 6) is 0. The van der Waals surface area contributed by atoms with Crippen LogP contribution in [0.15, 0.2) is 12.4 Å². The molecule has 122 valence electrons. The molecule has 7 heteroatoms. The van der Waals surface area contributed by atoms with E-state index in [9.17, 15) is 4.79 Å². The molecule has 1 aromatic heterocycles. The number of aromatic nitrogens is 2. The van der Waals surface area contributed by atoms with E-state index in [-0.39, 0.29) is 11.6 Å². The van der Waals surface area contributed by atoms with E-state index in [2.05, 4.69) is 25.7 Å². The van der Waals surface area contributed by atoms with Gasteiger partial charge in [0.1, 0.15) is 0 Å². The third-order valence-electron chi connectivity index (χ3n) is 4.80. The fourth-order valence-corrected chi connectivity index (χ4v) is 3.59. The van der Waals surface area contributed by atoms with Gasteiger partial charge in [0.05, 0.1) is 25.1 Å². The Morgan fingerprint density at radius 2 is 2.09 bits per heavy atom. The van der Waals surface area contributed by atoms with Gasteiger partial charge >= 0.3 is 6.03 Å². The molecule has 1 aliphatic carbocycles. The standard InChI is InChI=1S/C15H25N5O2/c21-14(19-13-10-17-18-11-13)16-12-15(4-2-1-3-5-15)20-6-8-22-9-7-20/h10-11H,1-9,12H2,(H,17,18)(H2,16,19,21). The molecule has 0 aromatic carbocycles. The zero-order chi connectivity index (χ0) is 15.3. The third-order valence-corrected chi connectivity index (χ3v) is 4.80. The molecule has 2 amide bonds. The first-order valence-electron chi connectivity index (χ1n) is 8.15. The van der Waals surface area contributed by atoms with Crippen LogP contribution in [0.3, 0.4) is 0 Å². The molecule has 0 bridgehead atoms. The highest BCUT2D eigenvalue weighted by atomic mass is 16.5. The first-order valence-corrected chi connectivity index (χ1v) is 8.15. The maximum atomic E-state index is 12.1. The van der Waals surface area contributed by atoms with Crippen LogP contribution in [0.1, 0.15) is 32.1 Å². The normalized spacial score (nSPS) is 22.2. The number of nitrogens with zero attached hydrogens (tertiary/aromatic N) is 2. The quantitative estimate of drug-likeness (QED) is 0.788. The number of nitrogens with one attached hydrogen (secondary N) is 3. The van der Waals surface area contributed by atoms with Gasteiger partial charge in [0.25, 0.3) is 0 Å². The zero-order valence-electron chi connectivity index (χ0n) is 12.9. The second-order valence-corrected chi connectivity index (χ2v) is 6.18. The van der Waals surface area contributed by atoms with Gasteiger partial charge in [-0.15, -0.1) is 0 Å². The molecule has 2 heterocycles. The van der Waals surface area contributed by atoms with E-state index in [1.165, 1.54) is 19.3 Å². The van der Waals surface area contributed by atoms with Crippen molar-refractivity contribution >= 4 is 11.7 Å². The minimum atomic E-state index is -0.167. The summed E-state index contributed by atoms with van der Waals surface area (Å²) in [7, 11) is 0. The smallest absolute Gasteiger partial charge is 0.319 e. The number of aromatic amines is 1. The molecule has 0 unspecified atom stereocenters. The molecule has 2 fully saturated rings. The van der Waals surface area contributed by atoms with Crippen LogP contribution in [0.25, 0.3) is 0 Å². The summed E-state index contributed by atoms with van der Waals surface area (Å²) in [6.45, 7) is 4.21. The highest BCUT2D eigenvalue weighted by molar-refractivity contribution is 5.88.